The molecule has 1 amide bonds. The first-order valence-electron chi connectivity index (χ1n) is 12.5. The van der Waals surface area contributed by atoms with Crippen molar-refractivity contribution in [1.29, 1.82) is 0 Å². The van der Waals surface area contributed by atoms with E-state index in [4.69, 9.17) is 9.47 Å². The molecule has 4 aromatic rings. The van der Waals surface area contributed by atoms with Crippen LogP contribution in [0.1, 0.15) is 32.0 Å². The minimum Gasteiger partial charge on any atom is -0.497 e. The molecule has 0 N–H and O–H groups in total. The first kappa shape index (κ1) is 24.6. The smallest absolute Gasteiger partial charge is 0.410 e. The number of rotatable bonds is 3. The first-order valence-corrected chi connectivity index (χ1v) is 12.5. The van der Waals surface area contributed by atoms with Crippen LogP contribution in [0.2, 0.25) is 0 Å². The van der Waals surface area contributed by atoms with Crippen molar-refractivity contribution in [2.75, 3.05) is 25.1 Å². The molecular formula is C30H32N4O3. The molecule has 1 aliphatic heterocycles. The molecule has 1 aromatic heterocycles. The third kappa shape index (κ3) is 5.35. The highest BCUT2D eigenvalue weighted by atomic mass is 16.6. The molecule has 5 rings (SSSR count). The zero-order chi connectivity index (χ0) is 26.2. The lowest BCUT2D eigenvalue weighted by Crippen LogP contribution is -2.38. The average molecular weight is 497 g/mol. The zero-order valence-electron chi connectivity index (χ0n) is 22.0. The van der Waals surface area contributed by atoms with Crippen molar-refractivity contribution in [2.24, 2.45) is 0 Å². The molecule has 7 heteroatoms. The number of methoxy groups -OCH3 is 1. The molecule has 0 spiro atoms. The molecule has 0 aliphatic carbocycles. The lowest BCUT2D eigenvalue weighted by Gasteiger charge is -2.27. The number of ether oxygens (including phenoxy) is 2. The Balaban J connectivity index is 1.56. The Morgan fingerprint density at radius 2 is 1.68 bits per heavy atom. The van der Waals surface area contributed by atoms with Gasteiger partial charge in [-0.25, -0.2) is 4.79 Å². The molecular weight excluding hydrogens is 464 g/mol. The summed E-state index contributed by atoms with van der Waals surface area (Å²) in [7, 11) is 1.68. The number of aromatic nitrogens is 2. The fourth-order valence-corrected chi connectivity index (χ4v) is 4.57. The summed E-state index contributed by atoms with van der Waals surface area (Å²) < 4.78 is 11.1. The van der Waals surface area contributed by atoms with Gasteiger partial charge in [-0.15, -0.1) is 0 Å². The van der Waals surface area contributed by atoms with Crippen molar-refractivity contribution in [3.05, 3.63) is 78.0 Å². The van der Waals surface area contributed by atoms with E-state index in [1.165, 1.54) is 0 Å². The summed E-state index contributed by atoms with van der Waals surface area (Å²) in [6.07, 6.45) is -0.313. The Morgan fingerprint density at radius 1 is 0.892 bits per heavy atom. The van der Waals surface area contributed by atoms with E-state index in [2.05, 4.69) is 57.6 Å². The van der Waals surface area contributed by atoms with Crippen LogP contribution in [0.3, 0.4) is 0 Å². The Morgan fingerprint density at radius 3 is 2.41 bits per heavy atom. The molecule has 0 fully saturated rings. The van der Waals surface area contributed by atoms with E-state index in [1.54, 1.807) is 12.0 Å². The molecule has 2 heterocycles. The maximum Gasteiger partial charge on any atom is 0.410 e. The van der Waals surface area contributed by atoms with Gasteiger partial charge in [0.15, 0.2) is 0 Å². The Labute approximate surface area is 217 Å². The van der Waals surface area contributed by atoms with E-state index in [9.17, 15) is 4.79 Å². The van der Waals surface area contributed by atoms with Crippen molar-refractivity contribution in [1.82, 2.24) is 15.1 Å². The van der Waals surface area contributed by atoms with Gasteiger partial charge in [-0.1, -0.05) is 18.2 Å². The van der Waals surface area contributed by atoms with Gasteiger partial charge in [0, 0.05) is 30.0 Å². The second-order valence-corrected chi connectivity index (χ2v) is 10.4. The van der Waals surface area contributed by atoms with Gasteiger partial charge in [0.25, 0.3) is 0 Å². The zero-order valence-corrected chi connectivity index (χ0v) is 22.0. The molecule has 0 bridgehead atoms. The van der Waals surface area contributed by atoms with Crippen molar-refractivity contribution in [2.45, 2.75) is 39.8 Å². The van der Waals surface area contributed by atoms with Crippen molar-refractivity contribution in [3.8, 4) is 17.0 Å². The average Bonchev–Trinajstić information content (AvgIpc) is 3.07. The maximum atomic E-state index is 13.1. The number of nitrogens with zero attached hydrogens (tertiary/aromatic N) is 4. The Bertz CT molecular complexity index is 1440. The highest BCUT2D eigenvalue weighted by Crippen LogP contribution is 2.36. The van der Waals surface area contributed by atoms with Gasteiger partial charge in [0.1, 0.15) is 11.4 Å². The van der Waals surface area contributed by atoms with Crippen molar-refractivity contribution >= 4 is 28.2 Å². The van der Waals surface area contributed by atoms with Crippen LogP contribution in [0.5, 0.6) is 5.75 Å². The highest BCUT2D eigenvalue weighted by Gasteiger charge is 2.28. The maximum absolute atomic E-state index is 13.1. The predicted octanol–water partition coefficient (Wildman–Crippen LogP) is 6.50. The third-order valence-electron chi connectivity index (χ3n) is 6.41. The number of carbonyl (C=O) groups is 1. The van der Waals surface area contributed by atoms with E-state index < -0.39 is 5.60 Å². The number of hydrogen-bond acceptors (Lipinski definition) is 6. The van der Waals surface area contributed by atoms with Gasteiger partial charge in [-0.3, -0.25) is 0 Å². The lowest BCUT2D eigenvalue weighted by molar-refractivity contribution is 0.0244. The van der Waals surface area contributed by atoms with Gasteiger partial charge in [-0.05, 0) is 92.6 Å². The van der Waals surface area contributed by atoms with Crippen LogP contribution >= 0.6 is 0 Å². The van der Waals surface area contributed by atoms with Gasteiger partial charge in [0.05, 0.1) is 25.0 Å². The summed E-state index contributed by atoms with van der Waals surface area (Å²) in [5, 5.41) is 10.8. The van der Waals surface area contributed by atoms with E-state index in [0.717, 1.165) is 50.4 Å². The Kier molecular flexibility index (Phi) is 6.46. The van der Waals surface area contributed by atoms with Crippen LogP contribution in [0.25, 0.3) is 22.0 Å². The van der Waals surface area contributed by atoms with E-state index in [0.29, 0.717) is 19.6 Å². The van der Waals surface area contributed by atoms with Gasteiger partial charge < -0.3 is 19.3 Å². The normalized spacial score (nSPS) is 13.8. The van der Waals surface area contributed by atoms with Gasteiger partial charge >= 0.3 is 6.09 Å². The van der Waals surface area contributed by atoms with E-state index in [-0.39, 0.29) is 6.09 Å². The predicted molar refractivity (Wildman–Crippen MR) is 146 cm³/mol. The monoisotopic (exact) mass is 496 g/mol. The quantitative estimate of drug-likeness (QED) is 0.322. The van der Waals surface area contributed by atoms with Crippen molar-refractivity contribution < 1.29 is 14.3 Å². The van der Waals surface area contributed by atoms with Crippen LogP contribution in [0, 0.1) is 6.92 Å². The fourth-order valence-electron chi connectivity index (χ4n) is 4.57. The van der Waals surface area contributed by atoms with Crippen LogP contribution in [0.4, 0.5) is 16.2 Å². The van der Waals surface area contributed by atoms with Crippen molar-refractivity contribution in [3.63, 3.8) is 0 Å². The minimum absolute atomic E-state index is 0.313. The van der Waals surface area contributed by atoms with Crippen LogP contribution in [-0.4, -0.2) is 47.0 Å². The van der Waals surface area contributed by atoms with Crippen LogP contribution in [-0.2, 0) is 11.3 Å². The number of amides is 1. The first-order chi connectivity index (χ1) is 17.7. The minimum atomic E-state index is -0.565. The summed E-state index contributed by atoms with van der Waals surface area (Å²) in [5.41, 5.74) is 5.21. The number of aryl methyl sites for hydroxylation is 1. The molecule has 7 nitrogen and oxygen atoms in total. The van der Waals surface area contributed by atoms with Gasteiger partial charge in [0.2, 0.25) is 0 Å². The Hall–Kier alpha value is -4.13. The number of carbonyl (C=O) groups excluding carboxylic acids is 1. The standard InChI is InChI=1S/C30H32N4O3/c1-20-6-12-27(32-31-20)23-9-13-28-24(16-23)19-33(29(35)37-30(2,3)4)14-15-34(28)25-10-7-22-18-26(36-5)11-8-21(22)17-25/h6-13,16-18H,14-15,19H2,1-5H3. The summed E-state index contributed by atoms with van der Waals surface area (Å²) in [6.45, 7) is 9.20. The summed E-state index contributed by atoms with van der Waals surface area (Å²) >= 11 is 0. The summed E-state index contributed by atoms with van der Waals surface area (Å²) in [5.74, 6) is 0.833. The third-order valence-corrected chi connectivity index (χ3v) is 6.41. The van der Waals surface area contributed by atoms with E-state index >= 15 is 0 Å². The van der Waals surface area contributed by atoms with Gasteiger partial charge in [-0.2, -0.15) is 10.2 Å². The molecule has 0 unspecified atom stereocenters. The molecule has 0 saturated heterocycles. The topological polar surface area (TPSA) is 67.8 Å². The van der Waals surface area contributed by atoms with E-state index in [1.807, 2.05) is 52.0 Å². The molecule has 190 valence electrons. The largest absolute Gasteiger partial charge is 0.497 e. The summed E-state index contributed by atoms with van der Waals surface area (Å²) in [6, 6.07) is 22.7. The number of benzene rings is 3. The number of anilines is 2. The molecule has 37 heavy (non-hydrogen) atoms. The summed E-state index contributed by atoms with van der Waals surface area (Å²) in [4.78, 5) is 17.1. The second-order valence-electron chi connectivity index (χ2n) is 10.4. The SMILES string of the molecule is COc1ccc2cc(N3CCN(C(=O)OC(C)(C)C)Cc4cc(-c5ccc(C)nn5)ccc43)ccc2c1. The molecule has 3 aromatic carbocycles. The number of fused-ring (bicyclic) bond motifs is 2. The molecule has 0 atom stereocenters. The fraction of sp³-hybridized carbons (Fsp3) is 0.300. The molecule has 0 saturated carbocycles. The van der Waals surface area contributed by atoms with Crippen LogP contribution < -0.4 is 9.64 Å². The molecule has 0 radical (unpaired) electrons. The molecule has 1 aliphatic rings. The second kappa shape index (κ2) is 9.73. The van der Waals surface area contributed by atoms with Crippen LogP contribution in [0.15, 0.2) is 66.7 Å². The number of hydrogen-bond donors (Lipinski definition) is 0. The highest BCUT2D eigenvalue weighted by molar-refractivity contribution is 5.88. The lowest BCUT2D eigenvalue weighted by atomic mass is 10.0.